The molecular formula is C24H24N2O6S. The molecule has 0 unspecified atom stereocenters. The van der Waals surface area contributed by atoms with Crippen LogP contribution in [-0.4, -0.2) is 35.7 Å². The fourth-order valence-corrected chi connectivity index (χ4v) is 4.07. The van der Waals surface area contributed by atoms with Crippen LogP contribution in [0.2, 0.25) is 0 Å². The number of rotatable bonds is 9. The minimum Gasteiger partial charge on any atom is -0.497 e. The van der Waals surface area contributed by atoms with E-state index >= 15 is 0 Å². The highest BCUT2D eigenvalue weighted by Crippen LogP contribution is 2.30. The van der Waals surface area contributed by atoms with Crippen LogP contribution in [0.3, 0.4) is 0 Å². The molecule has 2 N–H and O–H groups in total. The molecule has 172 valence electrons. The normalized spacial score (nSPS) is 11.1. The molecule has 0 heterocycles. The SMILES string of the molecule is COc1cccc(/C=C/C(=O)Nc2cc(S(=O)(=O)Nc3ccccc3OC)ccc2OC)c1. The van der Waals surface area contributed by atoms with Crippen LogP contribution in [0, 0.1) is 0 Å². The zero-order chi connectivity index (χ0) is 23.8. The van der Waals surface area contributed by atoms with E-state index in [1.807, 2.05) is 12.1 Å². The van der Waals surface area contributed by atoms with Crippen LogP contribution in [-0.2, 0) is 14.8 Å². The largest absolute Gasteiger partial charge is 0.497 e. The van der Waals surface area contributed by atoms with E-state index in [9.17, 15) is 13.2 Å². The summed E-state index contributed by atoms with van der Waals surface area (Å²) in [5.41, 5.74) is 1.28. The number of carbonyl (C=O) groups excluding carboxylic acids is 1. The summed E-state index contributed by atoms with van der Waals surface area (Å²) in [4.78, 5) is 12.4. The number of anilines is 2. The smallest absolute Gasteiger partial charge is 0.262 e. The number of methoxy groups -OCH3 is 3. The molecule has 0 aliphatic rings. The maximum Gasteiger partial charge on any atom is 0.262 e. The van der Waals surface area contributed by atoms with E-state index in [4.69, 9.17) is 14.2 Å². The molecule has 3 aromatic carbocycles. The third-order valence-corrected chi connectivity index (χ3v) is 5.97. The topological polar surface area (TPSA) is 103 Å². The second-order valence-electron chi connectivity index (χ2n) is 6.77. The number of hydrogen-bond acceptors (Lipinski definition) is 6. The molecule has 0 saturated carbocycles. The molecule has 8 nitrogen and oxygen atoms in total. The van der Waals surface area contributed by atoms with Gasteiger partial charge in [0.1, 0.15) is 17.2 Å². The number of ether oxygens (including phenoxy) is 3. The van der Waals surface area contributed by atoms with Crippen LogP contribution >= 0.6 is 0 Å². The number of hydrogen-bond donors (Lipinski definition) is 2. The highest BCUT2D eigenvalue weighted by Gasteiger charge is 2.19. The Morgan fingerprint density at radius 2 is 1.55 bits per heavy atom. The molecule has 1 amide bonds. The number of sulfonamides is 1. The lowest BCUT2D eigenvalue weighted by molar-refractivity contribution is -0.111. The molecular weight excluding hydrogens is 444 g/mol. The number of amides is 1. The van der Waals surface area contributed by atoms with Crippen LogP contribution in [0.1, 0.15) is 5.56 Å². The molecule has 0 spiro atoms. The van der Waals surface area contributed by atoms with Gasteiger partial charge in [0.2, 0.25) is 5.91 Å². The zero-order valence-electron chi connectivity index (χ0n) is 18.4. The molecule has 3 rings (SSSR count). The van der Waals surface area contributed by atoms with Crippen molar-refractivity contribution in [2.75, 3.05) is 31.4 Å². The Balaban J connectivity index is 1.82. The first-order valence-electron chi connectivity index (χ1n) is 9.83. The van der Waals surface area contributed by atoms with Crippen molar-refractivity contribution in [1.82, 2.24) is 0 Å². The fourth-order valence-electron chi connectivity index (χ4n) is 2.98. The molecule has 0 aromatic heterocycles. The second-order valence-corrected chi connectivity index (χ2v) is 8.45. The highest BCUT2D eigenvalue weighted by atomic mass is 32.2. The first-order valence-corrected chi connectivity index (χ1v) is 11.3. The van der Waals surface area contributed by atoms with Gasteiger partial charge in [0.25, 0.3) is 10.0 Å². The Bertz CT molecular complexity index is 1270. The number of para-hydroxylation sites is 2. The summed E-state index contributed by atoms with van der Waals surface area (Å²) < 4.78 is 44.0. The van der Waals surface area contributed by atoms with E-state index in [1.165, 1.54) is 38.5 Å². The quantitative estimate of drug-likeness (QED) is 0.457. The van der Waals surface area contributed by atoms with E-state index in [0.29, 0.717) is 22.9 Å². The zero-order valence-corrected chi connectivity index (χ0v) is 19.2. The number of benzene rings is 3. The van der Waals surface area contributed by atoms with Crippen molar-refractivity contribution in [3.05, 3.63) is 78.4 Å². The summed E-state index contributed by atoms with van der Waals surface area (Å²) in [5, 5.41) is 2.66. The van der Waals surface area contributed by atoms with E-state index in [0.717, 1.165) is 5.56 Å². The predicted octanol–water partition coefficient (Wildman–Crippen LogP) is 4.17. The Morgan fingerprint density at radius 1 is 0.818 bits per heavy atom. The Kier molecular flexibility index (Phi) is 7.57. The Hall–Kier alpha value is -3.98. The maximum absolute atomic E-state index is 12.9. The van der Waals surface area contributed by atoms with Gasteiger partial charge in [-0.25, -0.2) is 8.42 Å². The fraction of sp³-hybridized carbons (Fsp3) is 0.125. The van der Waals surface area contributed by atoms with Gasteiger partial charge in [0.05, 0.1) is 37.6 Å². The predicted molar refractivity (Wildman–Crippen MR) is 127 cm³/mol. The van der Waals surface area contributed by atoms with E-state index < -0.39 is 15.9 Å². The maximum atomic E-state index is 12.9. The van der Waals surface area contributed by atoms with Crippen molar-refractivity contribution in [2.45, 2.75) is 4.90 Å². The number of nitrogens with one attached hydrogen (secondary N) is 2. The van der Waals surface area contributed by atoms with Gasteiger partial charge in [-0.2, -0.15) is 0 Å². The molecule has 0 radical (unpaired) electrons. The third kappa shape index (κ3) is 6.05. The average molecular weight is 469 g/mol. The van der Waals surface area contributed by atoms with Gasteiger partial charge in [-0.05, 0) is 54.1 Å². The molecule has 9 heteroatoms. The van der Waals surface area contributed by atoms with Crippen LogP contribution in [0.15, 0.2) is 77.7 Å². The van der Waals surface area contributed by atoms with E-state index in [2.05, 4.69) is 10.0 Å². The molecule has 0 aliphatic heterocycles. The summed E-state index contributed by atoms with van der Waals surface area (Å²) in [5.74, 6) is 0.906. The molecule has 0 aliphatic carbocycles. The lowest BCUT2D eigenvalue weighted by atomic mass is 10.2. The first kappa shape index (κ1) is 23.7. The Morgan fingerprint density at radius 3 is 2.27 bits per heavy atom. The van der Waals surface area contributed by atoms with E-state index in [1.54, 1.807) is 49.6 Å². The van der Waals surface area contributed by atoms with Gasteiger partial charge < -0.3 is 19.5 Å². The van der Waals surface area contributed by atoms with Crippen molar-refractivity contribution >= 4 is 33.4 Å². The van der Waals surface area contributed by atoms with Crippen molar-refractivity contribution in [2.24, 2.45) is 0 Å². The van der Waals surface area contributed by atoms with Crippen LogP contribution in [0.25, 0.3) is 6.08 Å². The standard InChI is InChI=1S/C24H24N2O6S/c1-30-18-8-6-7-17(15-18)11-14-24(27)25-21-16-19(12-13-23(21)32-3)33(28,29)26-20-9-4-5-10-22(20)31-2/h4-16,26H,1-3H3,(H,25,27)/b14-11+. The van der Waals surface area contributed by atoms with Crippen LogP contribution in [0.5, 0.6) is 17.2 Å². The van der Waals surface area contributed by atoms with Gasteiger partial charge in [0, 0.05) is 6.08 Å². The van der Waals surface area contributed by atoms with Gasteiger partial charge >= 0.3 is 0 Å². The summed E-state index contributed by atoms with van der Waals surface area (Å²) in [7, 11) is 0.481. The highest BCUT2D eigenvalue weighted by molar-refractivity contribution is 7.92. The molecule has 3 aromatic rings. The lowest BCUT2D eigenvalue weighted by Crippen LogP contribution is -2.15. The minimum absolute atomic E-state index is 0.0544. The molecule has 0 saturated heterocycles. The van der Waals surface area contributed by atoms with Crippen LogP contribution < -0.4 is 24.2 Å². The van der Waals surface area contributed by atoms with Crippen molar-refractivity contribution in [3.63, 3.8) is 0 Å². The van der Waals surface area contributed by atoms with Crippen LogP contribution in [0.4, 0.5) is 11.4 Å². The molecule has 33 heavy (non-hydrogen) atoms. The first-order chi connectivity index (χ1) is 15.9. The summed E-state index contributed by atoms with van der Waals surface area (Å²) in [6.45, 7) is 0. The van der Waals surface area contributed by atoms with Crippen molar-refractivity contribution in [3.8, 4) is 17.2 Å². The van der Waals surface area contributed by atoms with Gasteiger partial charge in [-0.15, -0.1) is 0 Å². The molecule has 0 fully saturated rings. The van der Waals surface area contributed by atoms with Crippen molar-refractivity contribution in [1.29, 1.82) is 0 Å². The summed E-state index contributed by atoms with van der Waals surface area (Å²) in [6, 6.07) is 18.0. The molecule has 0 bridgehead atoms. The molecule has 0 atom stereocenters. The van der Waals surface area contributed by atoms with Gasteiger partial charge in [-0.3, -0.25) is 9.52 Å². The summed E-state index contributed by atoms with van der Waals surface area (Å²) in [6.07, 6.45) is 2.95. The van der Waals surface area contributed by atoms with E-state index in [-0.39, 0.29) is 10.6 Å². The van der Waals surface area contributed by atoms with Gasteiger partial charge in [-0.1, -0.05) is 24.3 Å². The van der Waals surface area contributed by atoms with Crippen molar-refractivity contribution < 1.29 is 27.4 Å². The number of carbonyl (C=O) groups is 1. The summed E-state index contributed by atoms with van der Waals surface area (Å²) >= 11 is 0. The average Bonchev–Trinajstić information content (AvgIpc) is 2.83. The Labute approximate surface area is 192 Å². The second kappa shape index (κ2) is 10.6. The van der Waals surface area contributed by atoms with Gasteiger partial charge in [0.15, 0.2) is 0 Å². The monoisotopic (exact) mass is 468 g/mol. The third-order valence-electron chi connectivity index (χ3n) is 4.61. The lowest BCUT2D eigenvalue weighted by Gasteiger charge is -2.14. The minimum atomic E-state index is -3.96.